The molecule has 1 aromatic carbocycles. The van der Waals surface area contributed by atoms with Gasteiger partial charge in [-0.1, -0.05) is 12.1 Å². The summed E-state index contributed by atoms with van der Waals surface area (Å²) in [5, 5.41) is 6.92. The van der Waals surface area contributed by atoms with Crippen LogP contribution in [0.5, 0.6) is 0 Å². The van der Waals surface area contributed by atoms with Crippen molar-refractivity contribution in [3.8, 4) is 0 Å². The van der Waals surface area contributed by atoms with Crippen LogP contribution in [0.4, 0.5) is 11.5 Å². The van der Waals surface area contributed by atoms with E-state index in [0.29, 0.717) is 12.2 Å². The fourth-order valence-electron chi connectivity index (χ4n) is 2.04. The molecule has 0 saturated carbocycles. The van der Waals surface area contributed by atoms with Gasteiger partial charge in [0.05, 0.1) is 6.54 Å². The van der Waals surface area contributed by atoms with Gasteiger partial charge in [-0.2, -0.15) is 5.10 Å². The molecule has 0 unspecified atom stereocenters. The first-order valence-electron chi connectivity index (χ1n) is 6.66. The Kier molecular flexibility index (Phi) is 3.78. The van der Waals surface area contributed by atoms with Crippen molar-refractivity contribution < 1.29 is 4.79 Å². The van der Waals surface area contributed by atoms with E-state index in [9.17, 15) is 4.79 Å². The topological polar surface area (TPSA) is 98.7 Å². The first-order valence-corrected chi connectivity index (χ1v) is 6.66. The summed E-state index contributed by atoms with van der Waals surface area (Å²) in [5.41, 5.74) is 7.45. The zero-order valence-corrected chi connectivity index (χ0v) is 11.7. The van der Waals surface area contributed by atoms with Crippen LogP contribution in [-0.2, 0) is 6.54 Å². The number of anilines is 2. The number of rotatable bonds is 4. The molecule has 3 N–H and O–H groups in total. The summed E-state index contributed by atoms with van der Waals surface area (Å²) in [6.45, 7) is 0.629. The zero-order valence-electron chi connectivity index (χ0n) is 11.7. The molecule has 0 fully saturated rings. The Hall–Kier alpha value is -3.22. The maximum Gasteiger partial charge on any atom is 0.278 e. The number of amides is 1. The highest BCUT2D eigenvalue weighted by Crippen LogP contribution is 2.14. The molecule has 7 nitrogen and oxygen atoms in total. The van der Waals surface area contributed by atoms with Crippen LogP contribution in [0, 0.1) is 0 Å². The predicted molar refractivity (Wildman–Crippen MR) is 82.2 cm³/mol. The first-order chi connectivity index (χ1) is 10.7. The number of nitrogens with zero attached hydrogens (tertiary/aromatic N) is 4. The lowest BCUT2D eigenvalue weighted by Gasteiger charge is -2.08. The van der Waals surface area contributed by atoms with Crippen LogP contribution in [0.15, 0.2) is 55.1 Å². The second-order valence-corrected chi connectivity index (χ2v) is 4.65. The molecule has 0 aliphatic carbocycles. The summed E-state index contributed by atoms with van der Waals surface area (Å²) in [4.78, 5) is 19.9. The molecule has 22 heavy (non-hydrogen) atoms. The molecule has 0 radical (unpaired) electrons. The minimum absolute atomic E-state index is 0.104. The quantitative estimate of drug-likeness (QED) is 0.760. The average Bonchev–Trinajstić information content (AvgIpc) is 3.01. The summed E-state index contributed by atoms with van der Waals surface area (Å²) in [6, 6.07) is 9.38. The molecule has 7 heteroatoms. The minimum atomic E-state index is -0.387. The van der Waals surface area contributed by atoms with Crippen LogP contribution in [0.1, 0.15) is 16.1 Å². The minimum Gasteiger partial charge on any atom is -0.382 e. The number of aromatic nitrogens is 4. The van der Waals surface area contributed by atoms with Gasteiger partial charge in [-0.3, -0.25) is 9.48 Å². The molecule has 0 aliphatic rings. The highest BCUT2D eigenvalue weighted by atomic mass is 16.1. The van der Waals surface area contributed by atoms with Gasteiger partial charge < -0.3 is 11.1 Å². The van der Waals surface area contributed by atoms with Gasteiger partial charge in [-0.25, -0.2) is 9.97 Å². The van der Waals surface area contributed by atoms with Crippen molar-refractivity contribution in [3.05, 3.63) is 66.4 Å². The highest BCUT2D eigenvalue weighted by molar-refractivity contribution is 6.05. The Labute approximate surface area is 126 Å². The smallest absolute Gasteiger partial charge is 0.278 e. The van der Waals surface area contributed by atoms with Gasteiger partial charge in [0.1, 0.15) is 0 Å². The number of benzene rings is 1. The molecule has 3 rings (SSSR count). The number of carbonyl (C=O) groups is 1. The Bertz CT molecular complexity index is 784. The van der Waals surface area contributed by atoms with Gasteiger partial charge >= 0.3 is 0 Å². The third kappa shape index (κ3) is 3.09. The van der Waals surface area contributed by atoms with E-state index in [1.54, 1.807) is 12.3 Å². The summed E-state index contributed by atoms with van der Waals surface area (Å²) in [6.07, 6.45) is 6.48. The highest BCUT2D eigenvalue weighted by Gasteiger charge is 2.12. The summed E-state index contributed by atoms with van der Waals surface area (Å²) >= 11 is 0. The van der Waals surface area contributed by atoms with Crippen molar-refractivity contribution in [3.63, 3.8) is 0 Å². The first kappa shape index (κ1) is 13.7. The molecule has 0 spiro atoms. The van der Waals surface area contributed by atoms with Gasteiger partial charge in [0.25, 0.3) is 5.91 Å². The Morgan fingerprint density at radius 2 is 2.05 bits per heavy atom. The van der Waals surface area contributed by atoms with E-state index < -0.39 is 0 Å². The van der Waals surface area contributed by atoms with Gasteiger partial charge in [-0.15, -0.1) is 0 Å². The molecule has 0 aliphatic heterocycles. The fourth-order valence-corrected chi connectivity index (χ4v) is 2.04. The Balaban J connectivity index is 1.75. The van der Waals surface area contributed by atoms with Gasteiger partial charge in [0, 0.05) is 30.5 Å². The molecular formula is C15H14N6O. The standard InChI is InChI=1S/C15H14N6O/c16-14-13(17-6-7-18-14)15(22)20-12-4-1-3-11(9-12)10-21-8-2-5-19-21/h1-9H,10H2,(H2,16,18)(H,20,22). The van der Waals surface area contributed by atoms with E-state index in [-0.39, 0.29) is 17.4 Å². The van der Waals surface area contributed by atoms with Gasteiger partial charge in [-0.05, 0) is 23.8 Å². The molecule has 1 amide bonds. The third-order valence-electron chi connectivity index (χ3n) is 3.03. The molecule has 0 saturated heterocycles. The summed E-state index contributed by atoms with van der Waals surface area (Å²) in [5.74, 6) is -0.283. The lowest BCUT2D eigenvalue weighted by molar-refractivity contribution is 0.102. The number of carbonyl (C=O) groups excluding carboxylic acids is 1. The second kappa shape index (κ2) is 6.04. The number of hydrogen-bond acceptors (Lipinski definition) is 5. The van der Waals surface area contributed by atoms with Crippen LogP contribution in [0.25, 0.3) is 0 Å². The van der Waals surface area contributed by atoms with E-state index >= 15 is 0 Å². The third-order valence-corrected chi connectivity index (χ3v) is 3.03. The molecule has 2 heterocycles. The number of nitrogens with two attached hydrogens (primary N) is 1. The van der Waals surface area contributed by atoms with E-state index in [1.165, 1.54) is 12.4 Å². The zero-order chi connectivity index (χ0) is 15.4. The van der Waals surface area contributed by atoms with Crippen LogP contribution in [-0.4, -0.2) is 25.7 Å². The monoisotopic (exact) mass is 294 g/mol. The van der Waals surface area contributed by atoms with Gasteiger partial charge in [0.15, 0.2) is 11.5 Å². The molecule has 0 bridgehead atoms. The van der Waals surface area contributed by atoms with Crippen LogP contribution < -0.4 is 11.1 Å². The molecular weight excluding hydrogens is 280 g/mol. The number of hydrogen-bond donors (Lipinski definition) is 2. The van der Waals surface area contributed by atoms with E-state index in [4.69, 9.17) is 5.73 Å². The van der Waals surface area contributed by atoms with E-state index in [2.05, 4.69) is 20.4 Å². The normalized spacial score (nSPS) is 10.4. The predicted octanol–water partition coefficient (Wildman–Crippen LogP) is 1.56. The number of nitrogen functional groups attached to an aromatic ring is 1. The van der Waals surface area contributed by atoms with Crippen LogP contribution in [0.3, 0.4) is 0 Å². The second-order valence-electron chi connectivity index (χ2n) is 4.65. The van der Waals surface area contributed by atoms with E-state index in [0.717, 1.165) is 5.56 Å². The lowest BCUT2D eigenvalue weighted by atomic mass is 10.2. The van der Waals surface area contributed by atoms with Gasteiger partial charge in [0.2, 0.25) is 0 Å². The SMILES string of the molecule is Nc1nccnc1C(=O)Nc1cccc(Cn2cccn2)c1. The maximum absolute atomic E-state index is 12.2. The van der Waals surface area contributed by atoms with Crippen molar-refractivity contribution in [2.45, 2.75) is 6.54 Å². The van der Waals surface area contributed by atoms with Crippen molar-refractivity contribution >= 4 is 17.4 Å². The molecule has 2 aromatic heterocycles. The Morgan fingerprint density at radius 3 is 2.82 bits per heavy atom. The van der Waals surface area contributed by atoms with Crippen molar-refractivity contribution in [1.29, 1.82) is 0 Å². The fraction of sp³-hybridized carbons (Fsp3) is 0.0667. The summed E-state index contributed by atoms with van der Waals surface area (Å²) < 4.78 is 1.81. The van der Waals surface area contributed by atoms with Crippen molar-refractivity contribution in [2.24, 2.45) is 0 Å². The molecule has 3 aromatic rings. The Morgan fingerprint density at radius 1 is 1.18 bits per heavy atom. The summed E-state index contributed by atoms with van der Waals surface area (Å²) in [7, 11) is 0. The van der Waals surface area contributed by atoms with Crippen LogP contribution in [0.2, 0.25) is 0 Å². The van der Waals surface area contributed by atoms with Crippen LogP contribution >= 0.6 is 0 Å². The number of nitrogens with one attached hydrogen (secondary N) is 1. The maximum atomic E-state index is 12.2. The lowest BCUT2D eigenvalue weighted by Crippen LogP contribution is -2.16. The largest absolute Gasteiger partial charge is 0.382 e. The molecule has 110 valence electrons. The van der Waals surface area contributed by atoms with Crippen molar-refractivity contribution in [1.82, 2.24) is 19.7 Å². The molecule has 0 atom stereocenters. The van der Waals surface area contributed by atoms with E-state index in [1.807, 2.05) is 35.1 Å². The average molecular weight is 294 g/mol. The van der Waals surface area contributed by atoms with Crippen molar-refractivity contribution in [2.75, 3.05) is 11.1 Å².